The largest absolute Gasteiger partial charge is 0.495 e. The van der Waals surface area contributed by atoms with Crippen molar-refractivity contribution in [1.29, 1.82) is 0 Å². The SMILES string of the molecule is COc1cc(Cl)c(C)cc1NCC1(CN)CCC1. The Kier molecular flexibility index (Phi) is 4.03. The summed E-state index contributed by atoms with van der Waals surface area (Å²) in [4.78, 5) is 0. The molecule has 0 radical (unpaired) electrons. The highest BCUT2D eigenvalue weighted by Gasteiger charge is 2.35. The minimum Gasteiger partial charge on any atom is -0.495 e. The van der Waals surface area contributed by atoms with Crippen LogP contribution in [0.4, 0.5) is 5.69 Å². The predicted molar refractivity (Wildman–Crippen MR) is 76.6 cm³/mol. The van der Waals surface area contributed by atoms with Gasteiger partial charge in [-0.05, 0) is 43.4 Å². The molecule has 18 heavy (non-hydrogen) atoms. The number of nitrogens with two attached hydrogens (primary N) is 1. The lowest BCUT2D eigenvalue weighted by Crippen LogP contribution is -2.43. The standard InChI is InChI=1S/C14H21ClN2O/c1-10-6-12(13(18-2)7-11(10)15)17-9-14(8-16)4-3-5-14/h6-7,17H,3-5,8-9,16H2,1-2H3. The zero-order chi connectivity index (χ0) is 13.2. The van der Waals surface area contributed by atoms with Crippen molar-refractivity contribution >= 4 is 17.3 Å². The number of ether oxygens (including phenoxy) is 1. The summed E-state index contributed by atoms with van der Waals surface area (Å²) in [5, 5.41) is 4.19. The lowest BCUT2D eigenvalue weighted by molar-refractivity contribution is 0.163. The molecule has 0 unspecified atom stereocenters. The van der Waals surface area contributed by atoms with E-state index >= 15 is 0 Å². The second-order valence-corrected chi connectivity index (χ2v) is 5.62. The highest BCUT2D eigenvalue weighted by Crippen LogP contribution is 2.41. The van der Waals surface area contributed by atoms with Crippen molar-refractivity contribution in [2.24, 2.45) is 11.1 Å². The smallest absolute Gasteiger partial charge is 0.143 e. The molecule has 0 aromatic heterocycles. The van der Waals surface area contributed by atoms with Gasteiger partial charge in [-0.25, -0.2) is 0 Å². The number of anilines is 1. The highest BCUT2D eigenvalue weighted by atomic mass is 35.5. The molecule has 0 saturated heterocycles. The van der Waals surface area contributed by atoms with E-state index in [1.54, 1.807) is 7.11 Å². The molecule has 1 aromatic rings. The number of aryl methyl sites for hydroxylation is 1. The van der Waals surface area contributed by atoms with Crippen molar-refractivity contribution < 1.29 is 4.74 Å². The van der Waals surface area contributed by atoms with Crippen molar-refractivity contribution in [2.75, 3.05) is 25.5 Å². The van der Waals surface area contributed by atoms with Crippen molar-refractivity contribution in [3.8, 4) is 5.75 Å². The molecule has 0 atom stereocenters. The second-order valence-electron chi connectivity index (χ2n) is 5.21. The van der Waals surface area contributed by atoms with Crippen LogP contribution < -0.4 is 15.8 Å². The Balaban J connectivity index is 2.11. The molecule has 2 rings (SSSR count). The van der Waals surface area contributed by atoms with Crippen molar-refractivity contribution in [3.63, 3.8) is 0 Å². The van der Waals surface area contributed by atoms with E-state index < -0.39 is 0 Å². The van der Waals surface area contributed by atoms with E-state index in [-0.39, 0.29) is 5.41 Å². The fraction of sp³-hybridized carbons (Fsp3) is 0.571. The van der Waals surface area contributed by atoms with Crippen LogP contribution in [0.2, 0.25) is 5.02 Å². The minimum absolute atomic E-state index is 0.276. The maximum absolute atomic E-state index is 6.09. The third kappa shape index (κ3) is 2.57. The van der Waals surface area contributed by atoms with Crippen LogP contribution in [0.3, 0.4) is 0 Å². The topological polar surface area (TPSA) is 47.3 Å². The normalized spacial score (nSPS) is 17.1. The van der Waals surface area contributed by atoms with Crippen LogP contribution in [0.1, 0.15) is 24.8 Å². The van der Waals surface area contributed by atoms with E-state index in [2.05, 4.69) is 5.32 Å². The van der Waals surface area contributed by atoms with Crippen LogP contribution in [0.15, 0.2) is 12.1 Å². The summed E-state index contributed by atoms with van der Waals surface area (Å²) in [6.07, 6.45) is 3.71. The van der Waals surface area contributed by atoms with Gasteiger partial charge in [0.15, 0.2) is 0 Å². The number of rotatable bonds is 5. The average molecular weight is 269 g/mol. The molecule has 0 heterocycles. The van der Waals surface area contributed by atoms with Gasteiger partial charge in [0.2, 0.25) is 0 Å². The molecule has 0 amide bonds. The maximum Gasteiger partial charge on any atom is 0.143 e. The summed E-state index contributed by atoms with van der Waals surface area (Å²) in [6.45, 7) is 3.64. The Bertz CT molecular complexity index is 425. The lowest BCUT2D eigenvalue weighted by atomic mass is 9.69. The third-order valence-corrected chi connectivity index (χ3v) is 4.39. The summed E-state index contributed by atoms with van der Waals surface area (Å²) in [5.41, 5.74) is 8.19. The first-order chi connectivity index (χ1) is 8.60. The predicted octanol–water partition coefficient (Wildman–Crippen LogP) is 3.20. The molecule has 3 nitrogen and oxygen atoms in total. The summed E-state index contributed by atoms with van der Waals surface area (Å²) < 4.78 is 5.35. The lowest BCUT2D eigenvalue weighted by Gasteiger charge is -2.41. The van der Waals surface area contributed by atoms with Crippen LogP contribution >= 0.6 is 11.6 Å². The van der Waals surface area contributed by atoms with E-state index in [0.717, 1.165) is 35.1 Å². The molecule has 1 aliphatic carbocycles. The van der Waals surface area contributed by atoms with Crippen LogP contribution in [-0.4, -0.2) is 20.2 Å². The van der Waals surface area contributed by atoms with Crippen LogP contribution in [0.5, 0.6) is 5.75 Å². The van der Waals surface area contributed by atoms with E-state index in [9.17, 15) is 0 Å². The monoisotopic (exact) mass is 268 g/mol. The number of halogens is 1. The number of methoxy groups -OCH3 is 1. The van der Waals surface area contributed by atoms with Gasteiger partial charge in [-0.3, -0.25) is 0 Å². The molecule has 3 N–H and O–H groups in total. The van der Waals surface area contributed by atoms with Gasteiger partial charge in [-0.1, -0.05) is 18.0 Å². The Morgan fingerprint density at radius 2 is 2.17 bits per heavy atom. The zero-order valence-electron chi connectivity index (χ0n) is 11.1. The highest BCUT2D eigenvalue weighted by molar-refractivity contribution is 6.31. The number of benzene rings is 1. The molecule has 4 heteroatoms. The van der Waals surface area contributed by atoms with Crippen molar-refractivity contribution in [3.05, 3.63) is 22.7 Å². The van der Waals surface area contributed by atoms with Gasteiger partial charge in [-0.2, -0.15) is 0 Å². The van der Waals surface area contributed by atoms with E-state index in [1.807, 2.05) is 19.1 Å². The van der Waals surface area contributed by atoms with Crippen LogP contribution in [0, 0.1) is 12.3 Å². The van der Waals surface area contributed by atoms with Crippen molar-refractivity contribution in [2.45, 2.75) is 26.2 Å². The van der Waals surface area contributed by atoms with Crippen LogP contribution in [0.25, 0.3) is 0 Å². The molecule has 1 aromatic carbocycles. The molecule has 0 bridgehead atoms. The number of hydrogen-bond donors (Lipinski definition) is 2. The first-order valence-electron chi connectivity index (χ1n) is 6.38. The Labute approximate surface area is 114 Å². The summed E-state index contributed by atoms with van der Waals surface area (Å²) in [6, 6.07) is 3.89. The van der Waals surface area contributed by atoms with Gasteiger partial charge in [0.1, 0.15) is 5.75 Å². The minimum atomic E-state index is 0.276. The van der Waals surface area contributed by atoms with E-state index in [4.69, 9.17) is 22.1 Å². The van der Waals surface area contributed by atoms with Gasteiger partial charge in [-0.15, -0.1) is 0 Å². The van der Waals surface area contributed by atoms with Gasteiger partial charge < -0.3 is 15.8 Å². The van der Waals surface area contributed by atoms with E-state index in [0.29, 0.717) is 0 Å². The molecule has 0 spiro atoms. The Morgan fingerprint density at radius 1 is 1.44 bits per heavy atom. The Morgan fingerprint density at radius 3 is 2.67 bits per heavy atom. The first-order valence-corrected chi connectivity index (χ1v) is 6.76. The van der Waals surface area contributed by atoms with Gasteiger partial charge in [0, 0.05) is 17.6 Å². The average Bonchev–Trinajstić information content (AvgIpc) is 2.32. The van der Waals surface area contributed by atoms with E-state index in [1.165, 1.54) is 19.3 Å². The molecular weight excluding hydrogens is 248 g/mol. The van der Waals surface area contributed by atoms with Crippen molar-refractivity contribution in [1.82, 2.24) is 0 Å². The molecular formula is C14H21ClN2O. The number of hydrogen-bond acceptors (Lipinski definition) is 3. The first kappa shape index (κ1) is 13.5. The Hall–Kier alpha value is -0.930. The quantitative estimate of drug-likeness (QED) is 0.862. The number of nitrogens with one attached hydrogen (secondary N) is 1. The zero-order valence-corrected chi connectivity index (χ0v) is 11.8. The van der Waals surface area contributed by atoms with Gasteiger partial charge in [0.25, 0.3) is 0 Å². The molecule has 0 aliphatic heterocycles. The third-order valence-electron chi connectivity index (χ3n) is 3.98. The van der Waals surface area contributed by atoms with Crippen LogP contribution in [-0.2, 0) is 0 Å². The van der Waals surface area contributed by atoms with Gasteiger partial charge in [0.05, 0.1) is 12.8 Å². The molecule has 1 aliphatic rings. The molecule has 100 valence electrons. The molecule has 1 saturated carbocycles. The fourth-order valence-corrected chi connectivity index (χ4v) is 2.54. The fourth-order valence-electron chi connectivity index (χ4n) is 2.38. The second kappa shape index (κ2) is 5.37. The summed E-state index contributed by atoms with van der Waals surface area (Å²) in [7, 11) is 1.66. The van der Waals surface area contributed by atoms with Gasteiger partial charge >= 0.3 is 0 Å². The summed E-state index contributed by atoms with van der Waals surface area (Å²) >= 11 is 6.09. The maximum atomic E-state index is 6.09. The molecule has 1 fully saturated rings. The summed E-state index contributed by atoms with van der Waals surface area (Å²) in [5.74, 6) is 0.789.